The van der Waals surface area contributed by atoms with Crippen molar-refractivity contribution in [2.24, 2.45) is 0 Å². The van der Waals surface area contributed by atoms with Gasteiger partial charge in [-0.05, 0) is 42.7 Å². The summed E-state index contributed by atoms with van der Waals surface area (Å²) >= 11 is 0. The molecule has 0 heterocycles. The second kappa shape index (κ2) is 16.3. The maximum Gasteiger partial charge on any atom is 1.00 e. The van der Waals surface area contributed by atoms with Gasteiger partial charge >= 0.3 is 51.4 Å². The molecular weight excluding hydrogens is 451 g/mol. The maximum absolute atomic E-state index is 12.2. The van der Waals surface area contributed by atoms with Gasteiger partial charge in [-0.1, -0.05) is 95.1 Å². The molecule has 0 radical (unpaired) electrons. The molecule has 0 unspecified atom stereocenters. The number of hydrogen-bond acceptors (Lipinski definition) is 4. The summed E-state index contributed by atoms with van der Waals surface area (Å²) in [6.07, 6.45) is 14.0. The van der Waals surface area contributed by atoms with Gasteiger partial charge in [-0.15, -0.1) is 0 Å². The zero-order valence-corrected chi connectivity index (χ0v) is 23.5. The van der Waals surface area contributed by atoms with Crippen LogP contribution in [0.3, 0.4) is 0 Å². The van der Waals surface area contributed by atoms with Gasteiger partial charge in [0.25, 0.3) is 10.1 Å². The largest absolute Gasteiger partial charge is 1.00 e. The summed E-state index contributed by atoms with van der Waals surface area (Å²) in [5.74, 6) is 0.147. The molecule has 0 fully saturated rings. The van der Waals surface area contributed by atoms with Gasteiger partial charge in [0, 0.05) is 0 Å². The number of unbranched alkanes of at least 4 members (excludes halogenated alkanes) is 10. The van der Waals surface area contributed by atoms with E-state index in [2.05, 4.69) is 6.92 Å². The van der Waals surface area contributed by atoms with Crippen LogP contribution in [-0.4, -0.2) is 13.0 Å². The van der Waals surface area contributed by atoms with Gasteiger partial charge in [0.05, 0.1) is 4.90 Å². The van der Waals surface area contributed by atoms with E-state index in [4.69, 9.17) is 4.74 Å². The molecule has 2 rings (SSSR count). The predicted octanol–water partition coefficient (Wildman–Crippen LogP) is 3.66. The fourth-order valence-electron chi connectivity index (χ4n) is 3.67. The molecule has 0 saturated heterocycles. The van der Waals surface area contributed by atoms with Crippen LogP contribution in [0.15, 0.2) is 47.4 Å². The SMILES string of the molecule is CCCCCCCCCCCCCc1cc(S(=O)(=O)O)c([O-])cc1Oc1ccccc1.[K+]. The Morgan fingerprint density at radius 2 is 1.38 bits per heavy atom. The zero-order valence-electron chi connectivity index (χ0n) is 19.5. The molecule has 2 aromatic carbocycles. The summed E-state index contributed by atoms with van der Waals surface area (Å²) in [7, 11) is -4.57. The zero-order chi connectivity index (χ0) is 22.5. The van der Waals surface area contributed by atoms with Crippen molar-refractivity contribution in [1.82, 2.24) is 0 Å². The van der Waals surface area contributed by atoms with E-state index in [1.165, 1.54) is 57.4 Å². The number of hydrogen-bond donors (Lipinski definition) is 1. The van der Waals surface area contributed by atoms with E-state index in [-0.39, 0.29) is 51.4 Å². The Labute approximate surface area is 236 Å². The number of rotatable bonds is 15. The minimum absolute atomic E-state index is 0. The second-order valence-corrected chi connectivity index (χ2v) is 9.47. The van der Waals surface area contributed by atoms with E-state index >= 15 is 0 Å². The molecule has 0 saturated carbocycles. The van der Waals surface area contributed by atoms with Crippen molar-refractivity contribution >= 4 is 10.1 Å². The van der Waals surface area contributed by atoms with Crippen LogP contribution in [0.2, 0.25) is 0 Å². The predicted molar refractivity (Wildman–Crippen MR) is 122 cm³/mol. The molecule has 0 aliphatic carbocycles. The fourth-order valence-corrected chi connectivity index (χ4v) is 4.27. The Morgan fingerprint density at radius 3 is 1.91 bits per heavy atom. The molecule has 32 heavy (non-hydrogen) atoms. The van der Waals surface area contributed by atoms with Crippen molar-refractivity contribution in [3.05, 3.63) is 48.0 Å². The molecular formula is C25H35KO5S. The van der Waals surface area contributed by atoms with Crippen LogP contribution in [-0.2, 0) is 16.5 Å². The molecule has 0 amide bonds. The third-order valence-corrected chi connectivity index (χ3v) is 6.30. The molecule has 0 spiro atoms. The van der Waals surface area contributed by atoms with Crippen molar-refractivity contribution in [2.75, 3.05) is 0 Å². The van der Waals surface area contributed by atoms with Crippen molar-refractivity contribution in [3.63, 3.8) is 0 Å². The summed E-state index contributed by atoms with van der Waals surface area (Å²) in [6.45, 7) is 2.23. The van der Waals surface area contributed by atoms with E-state index in [0.29, 0.717) is 23.5 Å². The minimum Gasteiger partial charge on any atom is -0.871 e. The van der Waals surface area contributed by atoms with E-state index in [1.54, 1.807) is 12.1 Å². The number of benzene rings is 2. The first kappa shape index (κ1) is 29.6. The van der Waals surface area contributed by atoms with Gasteiger partial charge in [-0.3, -0.25) is 4.55 Å². The average Bonchev–Trinajstić information content (AvgIpc) is 2.73. The normalized spacial score (nSPS) is 11.2. The summed E-state index contributed by atoms with van der Waals surface area (Å²) < 4.78 is 38.3. The maximum atomic E-state index is 12.2. The summed E-state index contributed by atoms with van der Waals surface area (Å²) in [5.41, 5.74) is 0.618. The first-order chi connectivity index (χ1) is 14.9. The molecule has 2 aromatic rings. The van der Waals surface area contributed by atoms with Gasteiger partial charge in [-0.25, -0.2) is 0 Å². The molecule has 0 atom stereocenters. The van der Waals surface area contributed by atoms with E-state index in [9.17, 15) is 18.1 Å². The van der Waals surface area contributed by atoms with E-state index < -0.39 is 20.8 Å². The monoisotopic (exact) mass is 486 g/mol. The molecule has 5 nitrogen and oxygen atoms in total. The topological polar surface area (TPSA) is 86.7 Å². The Balaban J connectivity index is 0.00000512. The van der Waals surface area contributed by atoms with Gasteiger partial charge < -0.3 is 9.84 Å². The van der Waals surface area contributed by atoms with Gasteiger partial charge in [-0.2, -0.15) is 8.42 Å². The summed E-state index contributed by atoms with van der Waals surface area (Å²) in [6, 6.07) is 11.5. The minimum atomic E-state index is -4.57. The third kappa shape index (κ3) is 11.1. The van der Waals surface area contributed by atoms with Crippen LogP contribution in [0, 0.1) is 0 Å². The molecule has 7 heteroatoms. The molecule has 0 aliphatic heterocycles. The molecule has 0 aromatic heterocycles. The standard InChI is InChI=1S/C25H36O5S.K/c1-2-3-4-5-6-7-8-9-10-11-13-16-21-19-25(31(27,28)29)23(26)20-24(21)30-22-17-14-12-15-18-22;/h12,14-15,17-20,26H,2-11,13,16H2,1H3,(H,27,28,29);/q;+1/p-1. The number of ether oxygens (including phenoxy) is 1. The molecule has 1 N–H and O–H groups in total. The molecule has 172 valence electrons. The van der Waals surface area contributed by atoms with Crippen LogP contribution in [0.25, 0.3) is 0 Å². The molecule has 0 bridgehead atoms. The van der Waals surface area contributed by atoms with Crippen LogP contribution in [0.5, 0.6) is 17.2 Å². The van der Waals surface area contributed by atoms with Gasteiger partial charge in [0.2, 0.25) is 0 Å². The van der Waals surface area contributed by atoms with E-state index in [0.717, 1.165) is 25.3 Å². The van der Waals surface area contributed by atoms with Crippen LogP contribution >= 0.6 is 0 Å². The Hall–Kier alpha value is -0.414. The van der Waals surface area contributed by atoms with E-state index in [1.807, 2.05) is 18.2 Å². The summed E-state index contributed by atoms with van der Waals surface area (Å²) in [4.78, 5) is -0.592. The van der Waals surface area contributed by atoms with Crippen molar-refractivity contribution < 1.29 is 74.2 Å². The van der Waals surface area contributed by atoms with Gasteiger partial charge in [0.1, 0.15) is 11.5 Å². The number of para-hydroxylation sites is 1. The summed E-state index contributed by atoms with van der Waals surface area (Å²) in [5, 5.41) is 12.2. The second-order valence-electron chi connectivity index (χ2n) is 8.08. The smallest absolute Gasteiger partial charge is 0.871 e. The Kier molecular flexibility index (Phi) is 15.0. The van der Waals surface area contributed by atoms with Crippen LogP contribution < -0.4 is 61.2 Å². The van der Waals surface area contributed by atoms with Crippen LogP contribution in [0.4, 0.5) is 0 Å². The number of aryl methyl sites for hydroxylation is 1. The Bertz CT molecular complexity index is 885. The Morgan fingerprint density at radius 1 is 0.844 bits per heavy atom. The quantitative estimate of drug-likeness (QED) is 0.236. The van der Waals surface area contributed by atoms with Crippen molar-refractivity contribution in [1.29, 1.82) is 0 Å². The first-order valence-corrected chi connectivity index (χ1v) is 12.9. The third-order valence-electron chi connectivity index (χ3n) is 5.43. The first-order valence-electron chi connectivity index (χ1n) is 11.5. The molecule has 0 aliphatic rings. The van der Waals surface area contributed by atoms with Crippen molar-refractivity contribution in [3.8, 4) is 17.2 Å². The van der Waals surface area contributed by atoms with Crippen LogP contribution in [0.1, 0.15) is 83.1 Å². The average molecular weight is 487 g/mol. The van der Waals surface area contributed by atoms with Crippen molar-refractivity contribution in [2.45, 2.75) is 88.9 Å². The van der Waals surface area contributed by atoms with Gasteiger partial charge in [0.15, 0.2) is 0 Å². The fraction of sp³-hybridized carbons (Fsp3) is 0.520.